The zero-order valence-electron chi connectivity index (χ0n) is 13.5. The van der Waals surface area contributed by atoms with Crippen molar-refractivity contribution in [3.63, 3.8) is 0 Å². The molecule has 112 valence electrons. The van der Waals surface area contributed by atoms with Crippen molar-refractivity contribution in [2.24, 2.45) is 5.92 Å². The van der Waals surface area contributed by atoms with Crippen LogP contribution in [0.5, 0.6) is 0 Å². The largest absolute Gasteiger partial charge is 0.368 e. The average molecular weight is 276 g/mol. The molecule has 2 rings (SSSR count). The lowest BCUT2D eigenvalue weighted by Crippen LogP contribution is -2.37. The van der Waals surface area contributed by atoms with Crippen molar-refractivity contribution in [1.82, 2.24) is 14.9 Å². The van der Waals surface area contributed by atoms with Crippen LogP contribution in [0.2, 0.25) is 0 Å². The number of hydrogen-bond acceptors (Lipinski definition) is 4. The minimum absolute atomic E-state index is 0.646. The van der Waals surface area contributed by atoms with E-state index in [1.807, 2.05) is 6.92 Å². The number of nitrogens with one attached hydrogen (secondary N) is 1. The highest BCUT2D eigenvalue weighted by atomic mass is 15.2. The van der Waals surface area contributed by atoms with E-state index in [-0.39, 0.29) is 0 Å². The molecule has 1 atom stereocenters. The molecule has 4 heteroatoms. The first-order valence-electron chi connectivity index (χ1n) is 7.77. The topological polar surface area (TPSA) is 41.1 Å². The van der Waals surface area contributed by atoms with Crippen molar-refractivity contribution in [2.75, 3.05) is 25.0 Å². The lowest BCUT2D eigenvalue weighted by atomic mass is 10.1. The fourth-order valence-electron chi connectivity index (χ4n) is 2.99. The number of rotatable bonds is 5. The van der Waals surface area contributed by atoms with E-state index < -0.39 is 0 Å². The highest BCUT2D eigenvalue weighted by Gasteiger charge is 2.24. The van der Waals surface area contributed by atoms with Crippen molar-refractivity contribution in [3.05, 3.63) is 17.1 Å². The lowest BCUT2D eigenvalue weighted by molar-refractivity contribution is 0.234. The Morgan fingerprint density at radius 2 is 2.00 bits per heavy atom. The molecule has 0 radical (unpaired) electrons. The van der Waals surface area contributed by atoms with Gasteiger partial charge in [0.2, 0.25) is 0 Å². The molecule has 1 aromatic rings. The summed E-state index contributed by atoms with van der Waals surface area (Å²) in [5, 5.41) is 3.55. The zero-order chi connectivity index (χ0) is 14.7. The van der Waals surface area contributed by atoms with Crippen molar-refractivity contribution in [2.45, 2.75) is 53.5 Å². The summed E-state index contributed by atoms with van der Waals surface area (Å²) in [6, 6.07) is 0.646. The molecule has 0 saturated carbocycles. The Morgan fingerprint density at radius 1 is 1.25 bits per heavy atom. The molecule has 0 amide bonds. The third-order valence-corrected chi connectivity index (χ3v) is 4.10. The van der Waals surface area contributed by atoms with Crippen LogP contribution >= 0.6 is 0 Å². The van der Waals surface area contributed by atoms with E-state index in [4.69, 9.17) is 0 Å². The quantitative estimate of drug-likeness (QED) is 0.898. The molecule has 2 heterocycles. The fourth-order valence-corrected chi connectivity index (χ4v) is 2.99. The van der Waals surface area contributed by atoms with Crippen molar-refractivity contribution in [1.29, 1.82) is 0 Å². The summed E-state index contributed by atoms with van der Waals surface area (Å²) in [5.41, 5.74) is 2.24. The Balaban J connectivity index is 1.98. The van der Waals surface area contributed by atoms with Gasteiger partial charge in [0, 0.05) is 30.4 Å². The Morgan fingerprint density at radius 3 is 2.70 bits per heavy atom. The molecular formula is C16H28N4. The highest BCUT2D eigenvalue weighted by Crippen LogP contribution is 2.20. The number of nitrogens with zero attached hydrogens (tertiary/aromatic N) is 3. The van der Waals surface area contributed by atoms with Gasteiger partial charge in [0.15, 0.2) is 0 Å². The third kappa shape index (κ3) is 3.69. The molecule has 0 aromatic carbocycles. The van der Waals surface area contributed by atoms with E-state index in [9.17, 15) is 0 Å². The predicted octanol–water partition coefficient (Wildman–Crippen LogP) is 2.93. The van der Waals surface area contributed by atoms with Gasteiger partial charge >= 0.3 is 0 Å². The van der Waals surface area contributed by atoms with Crippen LogP contribution in [0.1, 0.15) is 43.8 Å². The molecule has 1 fully saturated rings. The highest BCUT2D eigenvalue weighted by molar-refractivity contribution is 5.45. The van der Waals surface area contributed by atoms with Gasteiger partial charge in [-0.3, -0.25) is 4.90 Å². The first-order valence-corrected chi connectivity index (χ1v) is 7.77. The third-order valence-electron chi connectivity index (χ3n) is 4.10. The molecule has 4 nitrogen and oxygen atoms in total. The predicted molar refractivity (Wildman–Crippen MR) is 84.2 cm³/mol. The maximum atomic E-state index is 4.54. The number of aromatic nitrogens is 2. The first-order chi connectivity index (χ1) is 9.47. The second-order valence-corrected chi connectivity index (χ2v) is 6.40. The standard InChI is InChI=1S/C16H28N4/c1-11(2)10-20-8-6-7-15(20)9-17-16-12(3)13(4)18-14(5)19-16/h11,15H,6-10H2,1-5H3,(H,17,18,19)/t15-/m1/s1. The Hall–Kier alpha value is -1.16. The number of hydrogen-bond donors (Lipinski definition) is 1. The maximum Gasteiger partial charge on any atom is 0.132 e. The second kappa shape index (κ2) is 6.53. The monoisotopic (exact) mass is 276 g/mol. The minimum Gasteiger partial charge on any atom is -0.368 e. The number of aryl methyl sites for hydroxylation is 2. The summed E-state index contributed by atoms with van der Waals surface area (Å²) in [6.07, 6.45) is 2.61. The van der Waals surface area contributed by atoms with E-state index in [0.717, 1.165) is 29.8 Å². The fraction of sp³-hybridized carbons (Fsp3) is 0.750. The number of likely N-dealkylation sites (tertiary alicyclic amines) is 1. The van der Waals surface area contributed by atoms with Crippen LogP contribution in [0.4, 0.5) is 5.82 Å². The summed E-state index contributed by atoms with van der Waals surface area (Å²) in [4.78, 5) is 11.6. The molecule has 0 spiro atoms. The molecular weight excluding hydrogens is 248 g/mol. The normalized spacial score (nSPS) is 19.8. The minimum atomic E-state index is 0.646. The van der Waals surface area contributed by atoms with Crippen LogP contribution in [-0.2, 0) is 0 Å². The molecule has 1 aromatic heterocycles. The van der Waals surface area contributed by atoms with Crippen LogP contribution in [0.15, 0.2) is 0 Å². The van der Waals surface area contributed by atoms with Crippen molar-refractivity contribution < 1.29 is 0 Å². The molecule has 1 saturated heterocycles. The molecule has 1 aliphatic rings. The maximum absolute atomic E-state index is 4.54. The average Bonchev–Trinajstić information content (AvgIpc) is 2.78. The summed E-state index contributed by atoms with van der Waals surface area (Å²) in [6.45, 7) is 14.1. The Bertz CT molecular complexity index is 456. The van der Waals surface area contributed by atoms with E-state index in [2.05, 4.69) is 47.9 Å². The number of anilines is 1. The van der Waals surface area contributed by atoms with Gasteiger partial charge in [-0.15, -0.1) is 0 Å². The molecule has 0 unspecified atom stereocenters. The SMILES string of the molecule is Cc1nc(C)c(C)c(NC[C@H]2CCCN2CC(C)C)n1. The van der Waals surface area contributed by atoms with Gasteiger partial charge in [-0.05, 0) is 46.1 Å². The van der Waals surface area contributed by atoms with Gasteiger partial charge in [-0.1, -0.05) is 13.8 Å². The van der Waals surface area contributed by atoms with Gasteiger partial charge in [0.05, 0.1) is 0 Å². The Labute approximate surface area is 123 Å². The van der Waals surface area contributed by atoms with Crippen LogP contribution in [0.25, 0.3) is 0 Å². The van der Waals surface area contributed by atoms with E-state index in [0.29, 0.717) is 6.04 Å². The van der Waals surface area contributed by atoms with Crippen LogP contribution < -0.4 is 5.32 Å². The lowest BCUT2D eigenvalue weighted by Gasteiger charge is -2.26. The summed E-state index contributed by atoms with van der Waals surface area (Å²) >= 11 is 0. The van der Waals surface area contributed by atoms with Gasteiger partial charge in [-0.2, -0.15) is 0 Å². The van der Waals surface area contributed by atoms with Gasteiger partial charge < -0.3 is 5.32 Å². The first kappa shape index (κ1) is 15.2. The summed E-state index contributed by atoms with van der Waals surface area (Å²) in [5.74, 6) is 2.59. The zero-order valence-corrected chi connectivity index (χ0v) is 13.5. The van der Waals surface area contributed by atoms with Crippen LogP contribution in [-0.4, -0.2) is 40.5 Å². The van der Waals surface area contributed by atoms with Gasteiger partial charge in [0.25, 0.3) is 0 Å². The second-order valence-electron chi connectivity index (χ2n) is 6.40. The van der Waals surface area contributed by atoms with Gasteiger partial charge in [-0.25, -0.2) is 9.97 Å². The molecule has 1 N–H and O–H groups in total. The Kier molecular flexibility index (Phi) is 4.97. The summed E-state index contributed by atoms with van der Waals surface area (Å²) < 4.78 is 0. The van der Waals surface area contributed by atoms with Crippen LogP contribution in [0.3, 0.4) is 0 Å². The smallest absolute Gasteiger partial charge is 0.132 e. The van der Waals surface area contributed by atoms with E-state index in [1.54, 1.807) is 0 Å². The van der Waals surface area contributed by atoms with Gasteiger partial charge in [0.1, 0.15) is 11.6 Å². The molecule has 0 bridgehead atoms. The van der Waals surface area contributed by atoms with Crippen molar-refractivity contribution in [3.8, 4) is 0 Å². The van der Waals surface area contributed by atoms with E-state index in [1.165, 1.54) is 31.5 Å². The van der Waals surface area contributed by atoms with E-state index >= 15 is 0 Å². The molecule has 20 heavy (non-hydrogen) atoms. The van der Waals surface area contributed by atoms with Crippen LogP contribution in [0, 0.1) is 26.7 Å². The molecule has 0 aliphatic carbocycles. The molecule has 1 aliphatic heterocycles. The summed E-state index contributed by atoms with van der Waals surface area (Å²) in [7, 11) is 0. The van der Waals surface area contributed by atoms with Crippen molar-refractivity contribution >= 4 is 5.82 Å².